The smallest absolute Gasteiger partial charge is 0.255 e. The monoisotopic (exact) mass is 340 g/mol. The molecule has 1 fully saturated rings. The number of rotatable bonds is 3. The Bertz CT molecular complexity index is 483. The molecule has 0 aliphatic heterocycles. The van der Waals surface area contributed by atoms with Gasteiger partial charge in [0.05, 0.1) is 11.7 Å². The summed E-state index contributed by atoms with van der Waals surface area (Å²) in [7, 11) is 3.51. The summed E-state index contributed by atoms with van der Waals surface area (Å²) in [6.07, 6.45) is 3.36. The molecule has 0 saturated heterocycles. The van der Waals surface area contributed by atoms with Gasteiger partial charge in [0.15, 0.2) is 0 Å². The van der Waals surface area contributed by atoms with Crippen molar-refractivity contribution in [2.45, 2.75) is 37.8 Å². The number of nitrogens with zero attached hydrogens (tertiary/aromatic N) is 1. The SMILES string of the molecule is CN(C)C(=O)c1cc(Br)ccc1NC1CCC(O)CC1. The highest BCUT2D eigenvalue weighted by molar-refractivity contribution is 9.10. The quantitative estimate of drug-likeness (QED) is 0.889. The molecular weight excluding hydrogens is 320 g/mol. The van der Waals surface area contributed by atoms with Gasteiger partial charge in [-0.25, -0.2) is 0 Å². The van der Waals surface area contributed by atoms with Gasteiger partial charge in [-0.15, -0.1) is 0 Å². The van der Waals surface area contributed by atoms with Gasteiger partial charge in [-0.1, -0.05) is 15.9 Å². The van der Waals surface area contributed by atoms with Crippen molar-refractivity contribution in [2.24, 2.45) is 0 Å². The molecule has 1 amide bonds. The summed E-state index contributed by atoms with van der Waals surface area (Å²) >= 11 is 3.42. The number of amides is 1. The first kappa shape index (κ1) is 15.3. The molecule has 4 nitrogen and oxygen atoms in total. The van der Waals surface area contributed by atoms with Gasteiger partial charge in [0.1, 0.15) is 0 Å². The highest BCUT2D eigenvalue weighted by atomic mass is 79.9. The highest BCUT2D eigenvalue weighted by Gasteiger charge is 2.21. The van der Waals surface area contributed by atoms with Gasteiger partial charge < -0.3 is 15.3 Å². The number of hydrogen-bond donors (Lipinski definition) is 2. The fraction of sp³-hybridized carbons (Fsp3) is 0.533. The van der Waals surface area contributed by atoms with Crippen LogP contribution >= 0.6 is 15.9 Å². The molecule has 1 aliphatic carbocycles. The molecule has 0 unspecified atom stereocenters. The van der Waals surface area contributed by atoms with Crippen LogP contribution in [0.2, 0.25) is 0 Å². The van der Waals surface area contributed by atoms with Gasteiger partial charge in [0, 0.05) is 30.3 Å². The molecular formula is C15H21BrN2O2. The molecule has 1 aliphatic rings. The number of halogens is 1. The van der Waals surface area contributed by atoms with Crippen molar-refractivity contribution in [3.63, 3.8) is 0 Å². The van der Waals surface area contributed by atoms with Crippen molar-refractivity contribution in [1.82, 2.24) is 4.90 Å². The zero-order valence-corrected chi connectivity index (χ0v) is 13.5. The van der Waals surface area contributed by atoms with Crippen molar-refractivity contribution < 1.29 is 9.90 Å². The molecule has 2 N–H and O–H groups in total. The minimum atomic E-state index is -0.166. The summed E-state index contributed by atoms with van der Waals surface area (Å²) in [4.78, 5) is 13.8. The van der Waals surface area contributed by atoms with E-state index >= 15 is 0 Å². The summed E-state index contributed by atoms with van der Waals surface area (Å²) in [6.45, 7) is 0. The van der Waals surface area contributed by atoms with Crippen LogP contribution in [0.15, 0.2) is 22.7 Å². The van der Waals surface area contributed by atoms with E-state index in [0.717, 1.165) is 35.8 Å². The van der Waals surface area contributed by atoms with Crippen LogP contribution in [0, 0.1) is 0 Å². The average Bonchev–Trinajstić information content (AvgIpc) is 2.42. The number of nitrogens with one attached hydrogen (secondary N) is 1. The Balaban J connectivity index is 2.16. The Morgan fingerprint density at radius 3 is 2.55 bits per heavy atom. The summed E-state index contributed by atoms with van der Waals surface area (Å²) in [5.74, 6) is -0.00959. The van der Waals surface area contributed by atoms with Crippen LogP contribution in [0.1, 0.15) is 36.0 Å². The van der Waals surface area contributed by atoms with E-state index in [1.54, 1.807) is 19.0 Å². The lowest BCUT2D eigenvalue weighted by atomic mass is 9.92. The summed E-state index contributed by atoms with van der Waals surface area (Å²) in [5, 5.41) is 13.0. The van der Waals surface area contributed by atoms with Crippen LogP contribution in [0.25, 0.3) is 0 Å². The molecule has 2 rings (SSSR count). The zero-order valence-electron chi connectivity index (χ0n) is 11.9. The minimum Gasteiger partial charge on any atom is -0.393 e. The highest BCUT2D eigenvalue weighted by Crippen LogP contribution is 2.27. The van der Waals surface area contributed by atoms with Crippen molar-refractivity contribution in [2.75, 3.05) is 19.4 Å². The predicted molar refractivity (Wildman–Crippen MR) is 84.0 cm³/mol. The maximum Gasteiger partial charge on any atom is 0.255 e. The van der Waals surface area contributed by atoms with E-state index in [2.05, 4.69) is 21.2 Å². The molecule has 0 heterocycles. The van der Waals surface area contributed by atoms with E-state index in [4.69, 9.17) is 0 Å². The third-order valence-electron chi connectivity index (χ3n) is 3.67. The molecule has 5 heteroatoms. The van der Waals surface area contributed by atoms with Gasteiger partial charge >= 0.3 is 0 Å². The second kappa shape index (κ2) is 6.59. The van der Waals surface area contributed by atoms with E-state index < -0.39 is 0 Å². The average molecular weight is 341 g/mol. The van der Waals surface area contributed by atoms with Gasteiger partial charge in [-0.05, 0) is 43.9 Å². The van der Waals surface area contributed by atoms with Crippen LogP contribution in [-0.4, -0.2) is 42.2 Å². The fourth-order valence-corrected chi connectivity index (χ4v) is 2.86. The lowest BCUT2D eigenvalue weighted by molar-refractivity contribution is 0.0828. The van der Waals surface area contributed by atoms with Gasteiger partial charge in [-0.2, -0.15) is 0 Å². The Kier molecular flexibility index (Phi) is 5.05. The van der Waals surface area contributed by atoms with E-state index in [1.807, 2.05) is 18.2 Å². The Hall–Kier alpha value is -1.07. The van der Waals surface area contributed by atoms with Crippen molar-refractivity contribution in [1.29, 1.82) is 0 Å². The predicted octanol–water partition coefficient (Wildman–Crippen LogP) is 2.87. The first-order valence-corrected chi connectivity index (χ1v) is 7.72. The molecule has 0 radical (unpaired) electrons. The number of carbonyl (C=O) groups is 1. The maximum atomic E-state index is 12.2. The second-order valence-electron chi connectivity index (χ2n) is 5.54. The molecule has 20 heavy (non-hydrogen) atoms. The number of benzene rings is 1. The Morgan fingerprint density at radius 2 is 1.95 bits per heavy atom. The van der Waals surface area contributed by atoms with Crippen LogP contribution in [0.4, 0.5) is 5.69 Å². The van der Waals surface area contributed by atoms with E-state index in [-0.39, 0.29) is 12.0 Å². The molecule has 0 bridgehead atoms. The molecule has 1 aromatic carbocycles. The van der Waals surface area contributed by atoms with Gasteiger partial charge in [0.2, 0.25) is 0 Å². The topological polar surface area (TPSA) is 52.6 Å². The zero-order chi connectivity index (χ0) is 14.7. The number of hydrogen-bond acceptors (Lipinski definition) is 3. The number of carbonyl (C=O) groups excluding carboxylic acids is 1. The molecule has 0 spiro atoms. The molecule has 0 aromatic heterocycles. The van der Waals surface area contributed by atoms with Crippen LogP contribution in [-0.2, 0) is 0 Å². The largest absolute Gasteiger partial charge is 0.393 e. The van der Waals surface area contributed by atoms with E-state index in [0.29, 0.717) is 11.6 Å². The third-order valence-corrected chi connectivity index (χ3v) is 4.17. The van der Waals surface area contributed by atoms with Crippen molar-refractivity contribution in [3.05, 3.63) is 28.2 Å². The fourth-order valence-electron chi connectivity index (χ4n) is 2.50. The number of aliphatic hydroxyl groups is 1. The first-order valence-electron chi connectivity index (χ1n) is 6.93. The Morgan fingerprint density at radius 1 is 1.30 bits per heavy atom. The second-order valence-corrected chi connectivity index (χ2v) is 6.45. The molecule has 0 atom stereocenters. The maximum absolute atomic E-state index is 12.2. The van der Waals surface area contributed by atoms with E-state index in [9.17, 15) is 9.90 Å². The molecule has 1 saturated carbocycles. The van der Waals surface area contributed by atoms with Crippen molar-refractivity contribution >= 4 is 27.5 Å². The molecule has 110 valence electrons. The van der Waals surface area contributed by atoms with Gasteiger partial charge in [-0.3, -0.25) is 4.79 Å². The summed E-state index contributed by atoms with van der Waals surface area (Å²) < 4.78 is 0.896. The van der Waals surface area contributed by atoms with Crippen LogP contribution < -0.4 is 5.32 Å². The number of aliphatic hydroxyl groups excluding tert-OH is 1. The molecule has 1 aromatic rings. The summed E-state index contributed by atoms with van der Waals surface area (Å²) in [5.41, 5.74) is 1.55. The summed E-state index contributed by atoms with van der Waals surface area (Å²) in [6, 6.07) is 6.05. The van der Waals surface area contributed by atoms with Gasteiger partial charge in [0.25, 0.3) is 5.91 Å². The minimum absolute atomic E-state index is 0.00959. The number of anilines is 1. The van der Waals surface area contributed by atoms with Crippen LogP contribution in [0.5, 0.6) is 0 Å². The van der Waals surface area contributed by atoms with Crippen molar-refractivity contribution in [3.8, 4) is 0 Å². The Labute approximate surface area is 128 Å². The third kappa shape index (κ3) is 3.73. The standard InChI is InChI=1S/C15H21BrN2O2/c1-18(2)15(20)13-9-10(16)3-8-14(13)17-11-4-6-12(19)7-5-11/h3,8-9,11-12,17,19H,4-7H2,1-2H3. The van der Waals surface area contributed by atoms with E-state index in [1.165, 1.54) is 0 Å². The van der Waals surface area contributed by atoms with Crippen LogP contribution in [0.3, 0.4) is 0 Å². The lowest BCUT2D eigenvalue weighted by Gasteiger charge is -2.28. The lowest BCUT2D eigenvalue weighted by Crippen LogP contribution is -2.30. The normalized spacial score (nSPS) is 22.4. The first-order chi connectivity index (χ1) is 9.47.